The van der Waals surface area contributed by atoms with Gasteiger partial charge >= 0.3 is 0 Å². The minimum absolute atomic E-state index is 0.307. The number of imidazole rings is 1. The molecule has 1 saturated heterocycles. The van der Waals surface area contributed by atoms with Crippen molar-refractivity contribution in [2.75, 3.05) is 26.4 Å². The van der Waals surface area contributed by atoms with Crippen molar-refractivity contribution in [3.05, 3.63) is 47.8 Å². The van der Waals surface area contributed by atoms with Crippen LogP contribution in [0.2, 0.25) is 0 Å². The minimum atomic E-state index is 0.307. The van der Waals surface area contributed by atoms with Gasteiger partial charge in [0.25, 0.3) is 0 Å². The van der Waals surface area contributed by atoms with E-state index in [1.165, 1.54) is 11.3 Å². The molecule has 0 radical (unpaired) electrons. The Labute approximate surface area is 155 Å². The lowest BCUT2D eigenvalue weighted by Crippen LogP contribution is -2.37. The van der Waals surface area contributed by atoms with Gasteiger partial charge < -0.3 is 14.0 Å². The van der Waals surface area contributed by atoms with Gasteiger partial charge in [0.2, 0.25) is 0 Å². The summed E-state index contributed by atoms with van der Waals surface area (Å²) in [5.74, 6) is 1.79. The average Bonchev–Trinajstić information content (AvgIpc) is 3.10. The molecule has 0 N–H and O–H groups in total. The minimum Gasteiger partial charge on any atom is -0.381 e. The van der Waals surface area contributed by atoms with Crippen LogP contribution in [0.4, 0.5) is 0 Å². The normalized spacial score (nSPS) is 21.7. The summed E-state index contributed by atoms with van der Waals surface area (Å²) in [7, 11) is 0. The van der Waals surface area contributed by atoms with Crippen molar-refractivity contribution in [1.29, 1.82) is 0 Å². The van der Waals surface area contributed by atoms with E-state index >= 15 is 0 Å². The molecule has 0 bridgehead atoms. The van der Waals surface area contributed by atoms with E-state index in [1.807, 2.05) is 18.6 Å². The summed E-state index contributed by atoms with van der Waals surface area (Å²) < 4.78 is 13.8. The maximum atomic E-state index is 6.00. The highest BCUT2D eigenvalue weighted by Gasteiger charge is 2.27. The zero-order valence-electron chi connectivity index (χ0n) is 15.5. The van der Waals surface area contributed by atoms with Crippen LogP contribution in [0, 0.1) is 5.92 Å². The molecule has 2 aromatic heterocycles. The Balaban J connectivity index is 1.34. The first-order chi connectivity index (χ1) is 12.8. The predicted molar refractivity (Wildman–Crippen MR) is 98.5 cm³/mol. The maximum absolute atomic E-state index is 6.00. The fourth-order valence-corrected chi connectivity index (χ4v) is 3.90. The van der Waals surface area contributed by atoms with Crippen LogP contribution in [0.15, 0.2) is 30.7 Å². The van der Waals surface area contributed by atoms with Crippen LogP contribution in [0.5, 0.6) is 0 Å². The smallest absolute Gasteiger partial charge is 0.126 e. The molecule has 1 atom stereocenters. The number of aromatic nitrogens is 3. The Kier molecular flexibility index (Phi) is 5.62. The van der Waals surface area contributed by atoms with Gasteiger partial charge in [0.15, 0.2) is 0 Å². The second-order valence-corrected chi connectivity index (χ2v) is 7.33. The number of nitrogens with zero attached hydrogens (tertiary/aromatic N) is 4. The molecule has 4 heterocycles. The van der Waals surface area contributed by atoms with Crippen molar-refractivity contribution in [3.63, 3.8) is 0 Å². The van der Waals surface area contributed by atoms with Gasteiger partial charge in [-0.1, -0.05) is 0 Å². The van der Waals surface area contributed by atoms with E-state index in [0.717, 1.165) is 58.1 Å². The van der Waals surface area contributed by atoms with Crippen LogP contribution in [-0.4, -0.2) is 45.8 Å². The molecule has 2 aliphatic heterocycles. The molecule has 0 saturated carbocycles. The van der Waals surface area contributed by atoms with Gasteiger partial charge in [-0.3, -0.25) is 9.88 Å². The van der Waals surface area contributed by atoms with Gasteiger partial charge in [0, 0.05) is 45.2 Å². The third kappa shape index (κ3) is 3.98. The molecule has 140 valence electrons. The maximum Gasteiger partial charge on any atom is 0.126 e. The first kappa shape index (κ1) is 17.6. The lowest BCUT2D eigenvalue weighted by Gasteiger charge is -2.34. The summed E-state index contributed by atoms with van der Waals surface area (Å²) in [6, 6.07) is 4.48. The summed E-state index contributed by atoms with van der Waals surface area (Å²) in [6.07, 6.45) is 7.94. The monoisotopic (exact) mass is 356 g/mol. The van der Waals surface area contributed by atoms with E-state index in [9.17, 15) is 0 Å². The highest BCUT2D eigenvalue weighted by atomic mass is 16.5. The highest BCUT2D eigenvalue weighted by molar-refractivity contribution is 5.13. The van der Waals surface area contributed by atoms with E-state index in [2.05, 4.69) is 33.5 Å². The molecule has 6 nitrogen and oxygen atoms in total. The third-order valence-electron chi connectivity index (χ3n) is 5.58. The van der Waals surface area contributed by atoms with Gasteiger partial charge in [0.1, 0.15) is 5.82 Å². The molecule has 2 aliphatic rings. The fourth-order valence-electron chi connectivity index (χ4n) is 3.90. The van der Waals surface area contributed by atoms with Crippen molar-refractivity contribution >= 4 is 0 Å². The molecule has 4 rings (SSSR count). The zero-order valence-corrected chi connectivity index (χ0v) is 15.5. The molecule has 0 amide bonds. The predicted octanol–water partition coefficient (Wildman–Crippen LogP) is 2.80. The molecule has 0 aliphatic carbocycles. The standard InChI is InChI=1S/C20H28N4O2/c1-16-20-22-12-19(15-26-14-18-4-10-25-11-5-18)24(20)9-8-23(16)13-17-2-6-21-7-3-17/h2-3,6-7,12,16,18H,4-5,8-11,13-15H2,1H3/t16-/m1/s1. The SMILES string of the molecule is C[C@@H]1c2ncc(COCC3CCOCC3)n2CCN1Cc1ccncc1. The molecule has 26 heavy (non-hydrogen) atoms. The first-order valence-corrected chi connectivity index (χ1v) is 9.64. The quantitative estimate of drug-likeness (QED) is 0.797. The van der Waals surface area contributed by atoms with Gasteiger partial charge in [-0.25, -0.2) is 4.98 Å². The lowest BCUT2D eigenvalue weighted by atomic mass is 10.0. The van der Waals surface area contributed by atoms with Crippen LogP contribution in [0.25, 0.3) is 0 Å². The van der Waals surface area contributed by atoms with Crippen LogP contribution in [-0.2, 0) is 29.2 Å². The number of fused-ring (bicyclic) bond motifs is 1. The number of hydrogen-bond acceptors (Lipinski definition) is 5. The van der Waals surface area contributed by atoms with Crippen molar-refractivity contribution in [2.45, 2.75) is 45.5 Å². The summed E-state index contributed by atoms with van der Waals surface area (Å²) in [6.45, 7) is 8.41. The molecular weight excluding hydrogens is 328 g/mol. The Bertz CT molecular complexity index is 697. The van der Waals surface area contributed by atoms with Crippen LogP contribution < -0.4 is 0 Å². The lowest BCUT2D eigenvalue weighted by molar-refractivity contribution is 0.0139. The Hall–Kier alpha value is -1.76. The molecule has 6 heteroatoms. The molecule has 2 aromatic rings. The molecule has 0 spiro atoms. The number of rotatable bonds is 6. The van der Waals surface area contributed by atoms with Crippen LogP contribution in [0.1, 0.15) is 42.9 Å². The Morgan fingerprint density at radius 3 is 2.81 bits per heavy atom. The molecule has 0 aromatic carbocycles. The molecular formula is C20H28N4O2. The summed E-state index contributed by atoms with van der Waals surface area (Å²) in [4.78, 5) is 11.3. The van der Waals surface area contributed by atoms with Crippen molar-refractivity contribution in [3.8, 4) is 0 Å². The van der Waals surface area contributed by atoms with E-state index in [-0.39, 0.29) is 0 Å². The van der Waals surface area contributed by atoms with E-state index < -0.39 is 0 Å². The second-order valence-electron chi connectivity index (χ2n) is 7.33. The van der Waals surface area contributed by atoms with Crippen molar-refractivity contribution < 1.29 is 9.47 Å². The average molecular weight is 356 g/mol. The third-order valence-corrected chi connectivity index (χ3v) is 5.58. The van der Waals surface area contributed by atoms with E-state index in [0.29, 0.717) is 18.6 Å². The summed E-state index contributed by atoms with van der Waals surface area (Å²) in [5, 5.41) is 0. The summed E-state index contributed by atoms with van der Waals surface area (Å²) in [5.41, 5.74) is 2.49. The van der Waals surface area contributed by atoms with Crippen molar-refractivity contribution in [2.24, 2.45) is 5.92 Å². The second kappa shape index (κ2) is 8.29. The van der Waals surface area contributed by atoms with Gasteiger partial charge in [-0.2, -0.15) is 0 Å². The van der Waals surface area contributed by atoms with Gasteiger partial charge in [-0.05, 0) is 43.4 Å². The van der Waals surface area contributed by atoms with Gasteiger partial charge in [-0.15, -0.1) is 0 Å². The van der Waals surface area contributed by atoms with Crippen molar-refractivity contribution in [1.82, 2.24) is 19.4 Å². The largest absolute Gasteiger partial charge is 0.381 e. The van der Waals surface area contributed by atoms with E-state index in [1.54, 1.807) is 0 Å². The zero-order chi connectivity index (χ0) is 17.8. The van der Waals surface area contributed by atoms with Crippen LogP contribution in [0.3, 0.4) is 0 Å². The number of pyridine rings is 1. The highest BCUT2D eigenvalue weighted by Crippen LogP contribution is 2.27. The van der Waals surface area contributed by atoms with Gasteiger partial charge in [0.05, 0.1) is 31.1 Å². The molecule has 1 fully saturated rings. The summed E-state index contributed by atoms with van der Waals surface area (Å²) >= 11 is 0. The number of hydrogen-bond donors (Lipinski definition) is 0. The first-order valence-electron chi connectivity index (χ1n) is 9.64. The fraction of sp³-hybridized carbons (Fsp3) is 0.600. The Morgan fingerprint density at radius 1 is 1.19 bits per heavy atom. The topological polar surface area (TPSA) is 52.4 Å². The molecule has 0 unspecified atom stereocenters. The number of ether oxygens (including phenoxy) is 2. The Morgan fingerprint density at radius 2 is 2.00 bits per heavy atom. The van der Waals surface area contributed by atoms with E-state index in [4.69, 9.17) is 14.5 Å². The van der Waals surface area contributed by atoms with Crippen LogP contribution >= 0.6 is 0 Å².